The molecule has 0 spiro atoms. The van der Waals surface area contributed by atoms with Crippen molar-refractivity contribution < 1.29 is 9.59 Å². The summed E-state index contributed by atoms with van der Waals surface area (Å²) in [5.74, 6) is -0.332. The van der Waals surface area contributed by atoms with Gasteiger partial charge in [0, 0.05) is 29.8 Å². The third-order valence-electron chi connectivity index (χ3n) is 4.02. The fourth-order valence-electron chi connectivity index (χ4n) is 2.70. The second kappa shape index (κ2) is 6.37. The molecule has 1 aromatic carbocycles. The van der Waals surface area contributed by atoms with Gasteiger partial charge >= 0.3 is 0 Å². The normalized spacial score (nSPS) is 10.9. The van der Waals surface area contributed by atoms with E-state index in [1.54, 1.807) is 12.3 Å². The van der Waals surface area contributed by atoms with Crippen molar-refractivity contribution in [1.82, 2.24) is 24.6 Å². The van der Waals surface area contributed by atoms with Crippen LogP contribution in [-0.2, 0) is 0 Å². The Bertz CT molecular complexity index is 1180. The Hall–Kier alpha value is -4.01. The average molecular weight is 361 g/mol. The van der Waals surface area contributed by atoms with Crippen molar-refractivity contribution in [3.8, 4) is 11.4 Å². The van der Waals surface area contributed by atoms with Gasteiger partial charge in [0.15, 0.2) is 5.65 Å². The molecule has 0 atom stereocenters. The Labute approximate surface area is 153 Å². The average Bonchev–Trinajstić information content (AvgIpc) is 3.27. The van der Waals surface area contributed by atoms with Gasteiger partial charge in [0.05, 0.1) is 17.4 Å². The molecule has 0 saturated heterocycles. The van der Waals surface area contributed by atoms with Gasteiger partial charge in [0.1, 0.15) is 11.4 Å². The Kier molecular flexibility index (Phi) is 3.88. The summed E-state index contributed by atoms with van der Waals surface area (Å²) in [5.41, 5.74) is 8.33. The van der Waals surface area contributed by atoms with Crippen LogP contribution in [0, 0.1) is 6.92 Å². The first-order valence-electron chi connectivity index (χ1n) is 8.08. The highest BCUT2D eigenvalue weighted by Crippen LogP contribution is 2.26. The van der Waals surface area contributed by atoms with Crippen LogP contribution in [0.5, 0.6) is 0 Å². The molecular formula is C18H15N7O2. The molecule has 0 saturated carbocycles. The van der Waals surface area contributed by atoms with E-state index in [-0.39, 0.29) is 17.0 Å². The number of benzene rings is 1. The minimum atomic E-state index is -0.617. The molecule has 9 nitrogen and oxygen atoms in total. The van der Waals surface area contributed by atoms with Gasteiger partial charge in [-0.3, -0.25) is 9.59 Å². The maximum Gasteiger partial charge on any atom is 0.261 e. The van der Waals surface area contributed by atoms with Crippen LogP contribution < -0.4 is 11.1 Å². The summed E-state index contributed by atoms with van der Waals surface area (Å²) < 4.78 is 1.34. The summed E-state index contributed by atoms with van der Waals surface area (Å²) >= 11 is 0. The van der Waals surface area contributed by atoms with Crippen molar-refractivity contribution in [2.24, 2.45) is 5.73 Å². The number of carbonyl (C=O) groups excluding carboxylic acids is 2. The van der Waals surface area contributed by atoms with Crippen molar-refractivity contribution in [1.29, 1.82) is 0 Å². The van der Waals surface area contributed by atoms with Crippen LogP contribution >= 0.6 is 0 Å². The first-order valence-corrected chi connectivity index (χ1v) is 8.08. The first kappa shape index (κ1) is 16.5. The molecule has 134 valence electrons. The lowest BCUT2D eigenvalue weighted by Crippen LogP contribution is -2.14. The Balaban J connectivity index is 1.68. The molecule has 4 aromatic rings. The number of nitrogens with zero attached hydrogens (tertiary/aromatic N) is 4. The number of para-hydroxylation sites is 1. The molecule has 3 aromatic heterocycles. The lowest BCUT2D eigenvalue weighted by molar-refractivity contribution is 0.0997. The van der Waals surface area contributed by atoms with Crippen molar-refractivity contribution in [2.75, 3.05) is 5.32 Å². The van der Waals surface area contributed by atoms with Crippen molar-refractivity contribution in [3.63, 3.8) is 0 Å². The standard InChI is InChI=1S/C18H15N7O2/c1-10-6-20-16(23-10)12-4-2-3-5-14(12)24-18(27)13-8-22-25-9-11(15(19)26)7-21-17(13)25/h2-9H,1H3,(H2,19,26)(H,20,23)(H,24,27). The molecule has 3 heterocycles. The molecular weight excluding hydrogens is 346 g/mol. The minimum absolute atomic E-state index is 0.205. The number of fused-ring (bicyclic) bond motifs is 1. The number of aryl methyl sites for hydroxylation is 1. The van der Waals surface area contributed by atoms with Crippen LogP contribution in [0.1, 0.15) is 26.4 Å². The van der Waals surface area contributed by atoms with Gasteiger partial charge < -0.3 is 16.0 Å². The third-order valence-corrected chi connectivity index (χ3v) is 4.02. The molecule has 0 bridgehead atoms. The van der Waals surface area contributed by atoms with Gasteiger partial charge in [-0.25, -0.2) is 14.5 Å². The lowest BCUT2D eigenvalue weighted by Gasteiger charge is -2.09. The van der Waals surface area contributed by atoms with Gasteiger partial charge in [0.25, 0.3) is 11.8 Å². The van der Waals surface area contributed by atoms with E-state index in [1.807, 2.05) is 25.1 Å². The summed E-state index contributed by atoms with van der Waals surface area (Å²) in [5, 5.41) is 6.94. The number of imidazole rings is 1. The number of nitrogens with one attached hydrogen (secondary N) is 2. The van der Waals surface area contributed by atoms with Crippen molar-refractivity contribution in [3.05, 3.63) is 65.9 Å². The second-order valence-electron chi connectivity index (χ2n) is 5.95. The predicted octanol–water partition coefficient (Wildman–Crippen LogP) is 1.78. The quantitative estimate of drug-likeness (QED) is 0.510. The van der Waals surface area contributed by atoms with Crippen LogP contribution in [0.25, 0.3) is 17.0 Å². The third kappa shape index (κ3) is 3.01. The maximum absolute atomic E-state index is 12.8. The zero-order chi connectivity index (χ0) is 19.0. The number of aromatic nitrogens is 5. The van der Waals surface area contributed by atoms with Gasteiger partial charge in [-0.05, 0) is 19.1 Å². The Morgan fingerprint density at radius 3 is 2.70 bits per heavy atom. The number of carbonyl (C=O) groups is 2. The summed E-state index contributed by atoms with van der Waals surface area (Å²) in [4.78, 5) is 35.6. The van der Waals surface area contributed by atoms with Crippen molar-refractivity contribution in [2.45, 2.75) is 6.92 Å². The molecule has 2 amide bonds. The summed E-state index contributed by atoms with van der Waals surface area (Å²) in [7, 11) is 0. The maximum atomic E-state index is 12.8. The summed E-state index contributed by atoms with van der Waals surface area (Å²) in [6, 6.07) is 7.34. The summed E-state index contributed by atoms with van der Waals surface area (Å²) in [6.07, 6.45) is 5.86. The Morgan fingerprint density at radius 1 is 1.15 bits per heavy atom. The van der Waals surface area contributed by atoms with Gasteiger partial charge in [-0.1, -0.05) is 12.1 Å². The van der Waals surface area contributed by atoms with Crippen LogP contribution in [-0.4, -0.2) is 36.4 Å². The van der Waals surface area contributed by atoms with E-state index in [4.69, 9.17) is 5.73 Å². The van der Waals surface area contributed by atoms with E-state index in [2.05, 4.69) is 25.4 Å². The smallest absolute Gasteiger partial charge is 0.261 e. The zero-order valence-electron chi connectivity index (χ0n) is 14.3. The van der Waals surface area contributed by atoms with Crippen LogP contribution in [0.3, 0.4) is 0 Å². The number of aromatic amines is 1. The highest BCUT2D eigenvalue weighted by atomic mass is 16.2. The zero-order valence-corrected chi connectivity index (χ0v) is 14.3. The lowest BCUT2D eigenvalue weighted by atomic mass is 10.1. The van der Waals surface area contributed by atoms with Crippen LogP contribution in [0.4, 0.5) is 5.69 Å². The molecule has 4 N–H and O–H groups in total. The van der Waals surface area contributed by atoms with Crippen LogP contribution in [0.15, 0.2) is 49.1 Å². The number of anilines is 1. The monoisotopic (exact) mass is 361 g/mol. The SMILES string of the molecule is Cc1cnc(-c2ccccc2NC(=O)c2cnn3cc(C(N)=O)cnc23)[nH]1. The highest BCUT2D eigenvalue weighted by Gasteiger charge is 2.17. The molecule has 0 fully saturated rings. The predicted molar refractivity (Wildman–Crippen MR) is 98.2 cm³/mol. The Morgan fingerprint density at radius 2 is 1.96 bits per heavy atom. The number of nitrogens with two attached hydrogens (primary N) is 1. The van der Waals surface area contributed by atoms with E-state index in [0.717, 1.165) is 11.3 Å². The minimum Gasteiger partial charge on any atom is -0.366 e. The molecule has 0 unspecified atom stereocenters. The van der Waals surface area contributed by atoms with Crippen LogP contribution in [0.2, 0.25) is 0 Å². The first-order chi connectivity index (χ1) is 13.0. The topological polar surface area (TPSA) is 131 Å². The fraction of sp³-hybridized carbons (Fsp3) is 0.0556. The largest absolute Gasteiger partial charge is 0.366 e. The van der Waals surface area contributed by atoms with Gasteiger partial charge in [0.2, 0.25) is 0 Å². The molecule has 0 aliphatic rings. The number of hydrogen-bond acceptors (Lipinski definition) is 5. The molecule has 0 aliphatic carbocycles. The molecule has 4 rings (SSSR count). The number of amides is 2. The number of hydrogen-bond donors (Lipinski definition) is 3. The van der Waals surface area contributed by atoms with E-state index < -0.39 is 5.91 Å². The molecule has 0 aliphatic heterocycles. The number of rotatable bonds is 4. The van der Waals surface area contributed by atoms with E-state index in [9.17, 15) is 9.59 Å². The van der Waals surface area contributed by atoms with E-state index in [1.165, 1.54) is 23.1 Å². The second-order valence-corrected chi connectivity index (χ2v) is 5.95. The van der Waals surface area contributed by atoms with Gasteiger partial charge in [-0.15, -0.1) is 0 Å². The van der Waals surface area contributed by atoms with Gasteiger partial charge in [-0.2, -0.15) is 5.10 Å². The molecule has 27 heavy (non-hydrogen) atoms. The number of primary amides is 1. The fourth-order valence-corrected chi connectivity index (χ4v) is 2.70. The summed E-state index contributed by atoms with van der Waals surface area (Å²) in [6.45, 7) is 1.91. The molecule has 9 heteroatoms. The molecule has 0 radical (unpaired) electrons. The highest BCUT2D eigenvalue weighted by molar-refractivity contribution is 6.09. The van der Waals surface area contributed by atoms with E-state index >= 15 is 0 Å². The van der Waals surface area contributed by atoms with E-state index in [0.29, 0.717) is 17.2 Å². The number of H-pyrrole nitrogens is 1. The van der Waals surface area contributed by atoms with Crippen molar-refractivity contribution >= 4 is 23.1 Å².